The molecule has 1 heterocycles. The highest BCUT2D eigenvalue weighted by Crippen LogP contribution is 2.12. The molecule has 158 valence electrons. The molecule has 0 aliphatic carbocycles. The number of aromatic nitrogens is 1. The average molecular weight is 400 g/mol. The monoisotopic (exact) mass is 399 g/mol. The Hall–Kier alpha value is -2.60. The molecule has 1 aromatic heterocycles. The first-order chi connectivity index (χ1) is 14.0. The molecule has 2 amide bonds. The van der Waals surface area contributed by atoms with Crippen LogP contribution < -0.4 is 0 Å². The largest absolute Gasteiger partial charge is 0.382 e. The highest BCUT2D eigenvalue weighted by Gasteiger charge is 2.21. The lowest BCUT2D eigenvalue weighted by molar-refractivity contribution is -0.141. The van der Waals surface area contributed by atoms with Gasteiger partial charge in [-0.25, -0.2) is 0 Å². The average Bonchev–Trinajstić information content (AvgIpc) is 3.14. The highest BCUT2D eigenvalue weighted by atomic mass is 16.5. The van der Waals surface area contributed by atoms with Crippen LogP contribution in [0.25, 0.3) is 0 Å². The number of nitrogens with zero attached hydrogens (tertiary/aromatic N) is 3. The maximum Gasteiger partial charge on any atom is 0.242 e. The Morgan fingerprint density at radius 1 is 0.966 bits per heavy atom. The van der Waals surface area contributed by atoms with Crippen molar-refractivity contribution in [2.24, 2.45) is 7.05 Å². The Balaban J connectivity index is 2.10. The summed E-state index contributed by atoms with van der Waals surface area (Å²) in [5.41, 5.74) is 2.12. The molecule has 6 nitrogen and oxygen atoms in total. The second kappa shape index (κ2) is 12.1. The summed E-state index contributed by atoms with van der Waals surface area (Å²) in [5.74, 6) is -0.0540. The van der Waals surface area contributed by atoms with Crippen LogP contribution >= 0.6 is 0 Å². The van der Waals surface area contributed by atoms with E-state index in [-0.39, 0.29) is 18.4 Å². The summed E-state index contributed by atoms with van der Waals surface area (Å²) >= 11 is 0. The molecule has 0 radical (unpaired) electrons. The first-order valence-electron chi connectivity index (χ1n) is 10.3. The minimum Gasteiger partial charge on any atom is -0.382 e. The third kappa shape index (κ3) is 7.38. The number of amides is 2. The van der Waals surface area contributed by atoms with Gasteiger partial charge in [0.25, 0.3) is 0 Å². The first kappa shape index (κ1) is 22.7. The van der Waals surface area contributed by atoms with Crippen molar-refractivity contribution >= 4 is 11.8 Å². The van der Waals surface area contributed by atoms with Crippen LogP contribution in [0.1, 0.15) is 37.9 Å². The van der Waals surface area contributed by atoms with Crippen LogP contribution in [-0.2, 0) is 34.5 Å². The van der Waals surface area contributed by atoms with E-state index in [4.69, 9.17) is 4.74 Å². The summed E-state index contributed by atoms with van der Waals surface area (Å²) in [5, 5.41) is 0. The lowest BCUT2D eigenvalue weighted by atomic mass is 10.2. The van der Waals surface area contributed by atoms with E-state index in [1.807, 2.05) is 79.0 Å². The van der Waals surface area contributed by atoms with Gasteiger partial charge in [0.15, 0.2) is 0 Å². The minimum absolute atomic E-state index is 0.00613. The van der Waals surface area contributed by atoms with Crippen molar-refractivity contribution in [1.82, 2.24) is 14.4 Å². The smallest absolute Gasteiger partial charge is 0.242 e. The van der Waals surface area contributed by atoms with Crippen LogP contribution in [0.15, 0.2) is 48.7 Å². The minimum atomic E-state index is -0.0479. The lowest BCUT2D eigenvalue weighted by Gasteiger charge is -2.28. The zero-order chi connectivity index (χ0) is 21.1. The Morgan fingerprint density at radius 2 is 1.72 bits per heavy atom. The van der Waals surface area contributed by atoms with E-state index >= 15 is 0 Å². The SMILES string of the molecule is CCOCCCN(CC(=O)N(Cc1ccccc1)Cc1cccn1C)C(=O)CC. The van der Waals surface area contributed by atoms with E-state index in [2.05, 4.69) is 0 Å². The molecule has 2 rings (SSSR count). The molecule has 29 heavy (non-hydrogen) atoms. The van der Waals surface area contributed by atoms with Gasteiger partial charge < -0.3 is 19.1 Å². The van der Waals surface area contributed by atoms with Crippen LogP contribution in [0, 0.1) is 0 Å². The molecule has 1 aromatic carbocycles. The predicted molar refractivity (Wildman–Crippen MR) is 114 cm³/mol. The van der Waals surface area contributed by atoms with E-state index in [9.17, 15) is 9.59 Å². The molecule has 6 heteroatoms. The molecule has 0 saturated heterocycles. The van der Waals surface area contributed by atoms with Crippen LogP contribution in [0.5, 0.6) is 0 Å². The van der Waals surface area contributed by atoms with Gasteiger partial charge in [0.05, 0.1) is 13.1 Å². The van der Waals surface area contributed by atoms with Gasteiger partial charge in [-0.1, -0.05) is 37.3 Å². The number of hydrogen-bond acceptors (Lipinski definition) is 3. The Bertz CT molecular complexity index is 758. The van der Waals surface area contributed by atoms with E-state index in [1.165, 1.54) is 0 Å². The Labute approximate surface area is 174 Å². The fourth-order valence-corrected chi connectivity index (χ4v) is 3.17. The standard InChI is InChI=1S/C23H33N3O3/c1-4-22(27)25(15-10-16-29-5-2)19-23(28)26(17-20-11-7-6-8-12-20)18-21-13-9-14-24(21)3/h6-9,11-14H,4-5,10,15-19H2,1-3H3. The van der Waals surface area contributed by atoms with Gasteiger partial charge in [-0.2, -0.15) is 0 Å². The predicted octanol–water partition coefficient (Wildman–Crippen LogP) is 3.22. The van der Waals surface area contributed by atoms with Crippen LogP contribution in [0.4, 0.5) is 0 Å². The normalized spacial score (nSPS) is 10.7. The number of benzene rings is 1. The van der Waals surface area contributed by atoms with Crippen molar-refractivity contribution in [3.63, 3.8) is 0 Å². The summed E-state index contributed by atoms with van der Waals surface area (Å²) in [7, 11) is 1.97. The van der Waals surface area contributed by atoms with Gasteiger partial charge in [-0.3, -0.25) is 9.59 Å². The van der Waals surface area contributed by atoms with Gasteiger partial charge in [-0.05, 0) is 31.0 Å². The number of ether oxygens (including phenoxy) is 1. The molecule has 0 unspecified atom stereocenters. The summed E-state index contributed by atoms with van der Waals surface area (Å²) in [6.45, 7) is 6.66. The third-order valence-corrected chi connectivity index (χ3v) is 4.88. The number of aryl methyl sites for hydroxylation is 1. The van der Waals surface area contributed by atoms with Crippen molar-refractivity contribution in [3.8, 4) is 0 Å². The number of carbonyl (C=O) groups excluding carboxylic acids is 2. The van der Waals surface area contributed by atoms with Crippen LogP contribution in [-0.4, -0.2) is 52.5 Å². The maximum absolute atomic E-state index is 13.2. The molecule has 0 atom stereocenters. The second-order valence-electron chi connectivity index (χ2n) is 7.07. The number of hydrogen-bond donors (Lipinski definition) is 0. The molecular weight excluding hydrogens is 366 g/mol. The van der Waals surface area contributed by atoms with Gasteiger partial charge in [0.1, 0.15) is 0 Å². The van der Waals surface area contributed by atoms with Crippen molar-refractivity contribution in [3.05, 3.63) is 59.9 Å². The quantitative estimate of drug-likeness (QED) is 0.515. The van der Waals surface area contributed by atoms with Crippen molar-refractivity contribution in [2.75, 3.05) is 26.3 Å². The van der Waals surface area contributed by atoms with Crippen LogP contribution in [0.3, 0.4) is 0 Å². The molecule has 0 aliphatic rings. The summed E-state index contributed by atoms with van der Waals surface area (Å²) in [6.07, 6.45) is 3.09. The maximum atomic E-state index is 13.2. The third-order valence-electron chi connectivity index (χ3n) is 4.88. The lowest BCUT2D eigenvalue weighted by Crippen LogP contribution is -2.43. The molecular formula is C23H33N3O3. The highest BCUT2D eigenvalue weighted by molar-refractivity contribution is 5.84. The van der Waals surface area contributed by atoms with Gasteiger partial charge in [0.2, 0.25) is 11.8 Å². The molecule has 0 N–H and O–H groups in total. The van der Waals surface area contributed by atoms with Gasteiger partial charge in [0, 0.05) is 51.7 Å². The topological polar surface area (TPSA) is 54.8 Å². The fourth-order valence-electron chi connectivity index (χ4n) is 3.17. The summed E-state index contributed by atoms with van der Waals surface area (Å²) in [4.78, 5) is 29.0. The van der Waals surface area contributed by atoms with E-state index in [0.29, 0.717) is 39.3 Å². The first-order valence-corrected chi connectivity index (χ1v) is 10.3. The van der Waals surface area contributed by atoms with Gasteiger partial charge in [-0.15, -0.1) is 0 Å². The zero-order valence-corrected chi connectivity index (χ0v) is 17.8. The van der Waals surface area contributed by atoms with E-state index in [1.54, 1.807) is 4.90 Å². The van der Waals surface area contributed by atoms with Crippen LogP contribution in [0.2, 0.25) is 0 Å². The van der Waals surface area contributed by atoms with Crippen molar-refractivity contribution in [1.29, 1.82) is 0 Å². The molecule has 0 saturated carbocycles. The molecule has 0 fully saturated rings. The molecule has 0 aliphatic heterocycles. The molecule has 0 bridgehead atoms. The Kier molecular flexibility index (Phi) is 9.44. The zero-order valence-electron chi connectivity index (χ0n) is 17.8. The summed E-state index contributed by atoms with van der Waals surface area (Å²) < 4.78 is 7.39. The van der Waals surface area contributed by atoms with E-state index < -0.39 is 0 Å². The van der Waals surface area contributed by atoms with E-state index in [0.717, 1.165) is 17.7 Å². The fraction of sp³-hybridized carbons (Fsp3) is 0.478. The van der Waals surface area contributed by atoms with Crippen molar-refractivity contribution < 1.29 is 14.3 Å². The van der Waals surface area contributed by atoms with Gasteiger partial charge >= 0.3 is 0 Å². The number of rotatable bonds is 12. The Morgan fingerprint density at radius 3 is 2.34 bits per heavy atom. The molecule has 0 spiro atoms. The summed E-state index contributed by atoms with van der Waals surface area (Å²) in [6, 6.07) is 13.9. The second-order valence-corrected chi connectivity index (χ2v) is 7.07. The van der Waals surface area contributed by atoms with Crippen molar-refractivity contribution in [2.45, 2.75) is 39.8 Å². The molecule has 2 aromatic rings. The number of carbonyl (C=O) groups is 2.